The summed E-state index contributed by atoms with van der Waals surface area (Å²) < 4.78 is 0. The maximum absolute atomic E-state index is 4.67. The van der Waals surface area contributed by atoms with Gasteiger partial charge in [-0.3, -0.25) is 0 Å². The first-order valence-corrected chi connectivity index (χ1v) is 9.26. The predicted octanol–water partition coefficient (Wildman–Crippen LogP) is 5.72. The van der Waals surface area contributed by atoms with Crippen LogP contribution in [0.2, 0.25) is 0 Å². The summed E-state index contributed by atoms with van der Waals surface area (Å²) in [4.78, 5) is 8.11. The fraction of sp³-hybridized carbons (Fsp3) is 0.409. The van der Waals surface area contributed by atoms with Gasteiger partial charge in [-0.05, 0) is 54.9 Å². The van der Waals surface area contributed by atoms with Crippen molar-refractivity contribution in [3.63, 3.8) is 0 Å². The van der Waals surface area contributed by atoms with Gasteiger partial charge < -0.3 is 4.98 Å². The molecule has 2 aromatic carbocycles. The highest BCUT2D eigenvalue weighted by Crippen LogP contribution is 2.17. The first kappa shape index (κ1) is 16.8. The Kier molecular flexibility index (Phi) is 5.68. The number of hydrogen-bond donors (Lipinski definition) is 1. The average molecular weight is 320 g/mol. The van der Waals surface area contributed by atoms with Crippen molar-refractivity contribution in [3.05, 3.63) is 65.5 Å². The lowest BCUT2D eigenvalue weighted by atomic mass is 9.96. The number of aromatic amines is 1. The molecule has 3 rings (SSSR count). The number of fused-ring (bicyclic) bond motifs is 1. The molecule has 24 heavy (non-hydrogen) atoms. The Hall–Kier alpha value is -2.09. The highest BCUT2D eigenvalue weighted by molar-refractivity contribution is 5.74. The molecule has 1 unspecified atom stereocenters. The highest BCUT2D eigenvalue weighted by atomic mass is 14.9. The molecule has 0 saturated heterocycles. The number of H-pyrrole nitrogens is 1. The summed E-state index contributed by atoms with van der Waals surface area (Å²) in [7, 11) is 0. The first-order valence-electron chi connectivity index (χ1n) is 9.26. The Labute approximate surface area is 145 Å². The van der Waals surface area contributed by atoms with Gasteiger partial charge in [-0.1, -0.05) is 56.7 Å². The molecular weight excluding hydrogens is 292 g/mol. The molecule has 0 bridgehead atoms. The van der Waals surface area contributed by atoms with E-state index in [4.69, 9.17) is 0 Å². The Morgan fingerprint density at radius 3 is 2.25 bits per heavy atom. The molecule has 126 valence electrons. The maximum atomic E-state index is 4.67. The second-order valence-corrected chi connectivity index (χ2v) is 6.95. The van der Waals surface area contributed by atoms with E-state index in [2.05, 4.69) is 66.3 Å². The number of nitrogens with one attached hydrogen (secondary N) is 1. The molecular formula is C22H28N2. The number of nitrogens with zero attached hydrogens (tertiary/aromatic N) is 1. The zero-order valence-corrected chi connectivity index (χ0v) is 14.9. The summed E-state index contributed by atoms with van der Waals surface area (Å²) in [5.74, 6) is 1.83. The molecule has 0 aliphatic heterocycles. The van der Waals surface area contributed by atoms with Crippen molar-refractivity contribution in [2.75, 3.05) is 0 Å². The highest BCUT2D eigenvalue weighted by Gasteiger charge is 2.07. The monoisotopic (exact) mass is 320 g/mol. The van der Waals surface area contributed by atoms with E-state index >= 15 is 0 Å². The topological polar surface area (TPSA) is 28.7 Å². The number of imidazole rings is 1. The fourth-order valence-corrected chi connectivity index (χ4v) is 3.23. The van der Waals surface area contributed by atoms with Crippen molar-refractivity contribution in [3.8, 4) is 0 Å². The van der Waals surface area contributed by atoms with Crippen LogP contribution in [0.15, 0.2) is 48.5 Å². The SMILES string of the molecule is CCCc1ccc(CCC(C)CCc2nc3ccccc3[nH]2)cc1. The number of aromatic nitrogens is 2. The van der Waals surface area contributed by atoms with E-state index in [-0.39, 0.29) is 0 Å². The zero-order valence-electron chi connectivity index (χ0n) is 14.9. The Balaban J connectivity index is 1.46. The number of hydrogen-bond acceptors (Lipinski definition) is 1. The van der Waals surface area contributed by atoms with Gasteiger partial charge >= 0.3 is 0 Å². The third-order valence-electron chi connectivity index (χ3n) is 4.80. The molecule has 2 nitrogen and oxygen atoms in total. The summed E-state index contributed by atoms with van der Waals surface area (Å²) in [6.45, 7) is 4.59. The number of aryl methyl sites for hydroxylation is 3. The van der Waals surface area contributed by atoms with Gasteiger partial charge in [0, 0.05) is 6.42 Å². The van der Waals surface area contributed by atoms with Crippen molar-refractivity contribution in [1.29, 1.82) is 0 Å². The van der Waals surface area contributed by atoms with Gasteiger partial charge in [0.05, 0.1) is 11.0 Å². The molecule has 1 heterocycles. The maximum Gasteiger partial charge on any atom is 0.107 e. The van der Waals surface area contributed by atoms with Crippen LogP contribution in [0.25, 0.3) is 11.0 Å². The molecule has 0 aliphatic rings. The van der Waals surface area contributed by atoms with E-state index in [9.17, 15) is 0 Å². The van der Waals surface area contributed by atoms with E-state index in [1.807, 2.05) is 6.07 Å². The molecule has 0 spiro atoms. The van der Waals surface area contributed by atoms with Crippen LogP contribution in [0.3, 0.4) is 0 Å². The summed E-state index contributed by atoms with van der Waals surface area (Å²) in [6, 6.07) is 17.4. The smallest absolute Gasteiger partial charge is 0.107 e. The van der Waals surface area contributed by atoms with E-state index in [1.54, 1.807) is 0 Å². The van der Waals surface area contributed by atoms with Crippen molar-refractivity contribution in [2.24, 2.45) is 5.92 Å². The second kappa shape index (κ2) is 8.14. The van der Waals surface area contributed by atoms with Crippen LogP contribution in [0.5, 0.6) is 0 Å². The van der Waals surface area contributed by atoms with Gasteiger partial charge in [-0.25, -0.2) is 4.98 Å². The largest absolute Gasteiger partial charge is 0.342 e. The zero-order chi connectivity index (χ0) is 16.8. The van der Waals surface area contributed by atoms with Crippen molar-refractivity contribution < 1.29 is 0 Å². The number of benzene rings is 2. The lowest BCUT2D eigenvalue weighted by Crippen LogP contribution is -2.01. The molecule has 0 radical (unpaired) electrons. The minimum absolute atomic E-state index is 0.716. The molecule has 0 saturated carbocycles. The van der Waals surface area contributed by atoms with E-state index in [0.29, 0.717) is 5.92 Å². The normalized spacial score (nSPS) is 12.6. The van der Waals surface area contributed by atoms with Crippen molar-refractivity contribution in [2.45, 2.75) is 52.4 Å². The van der Waals surface area contributed by atoms with Gasteiger partial charge in [-0.2, -0.15) is 0 Å². The molecule has 1 N–H and O–H groups in total. The molecule has 3 aromatic rings. The van der Waals surface area contributed by atoms with Crippen molar-refractivity contribution in [1.82, 2.24) is 9.97 Å². The summed E-state index contributed by atoms with van der Waals surface area (Å²) >= 11 is 0. The summed E-state index contributed by atoms with van der Waals surface area (Å²) in [6.07, 6.45) is 7.05. The van der Waals surface area contributed by atoms with Crippen LogP contribution >= 0.6 is 0 Å². The minimum Gasteiger partial charge on any atom is -0.342 e. The standard InChI is InChI=1S/C22H28N2/c1-3-6-18-12-14-19(15-13-18)11-9-17(2)10-16-22-23-20-7-4-5-8-21(20)24-22/h4-5,7-8,12-15,17H,3,6,9-11,16H2,1-2H3,(H,23,24). The third-order valence-corrected chi connectivity index (χ3v) is 4.80. The lowest BCUT2D eigenvalue weighted by molar-refractivity contribution is 0.488. The third kappa shape index (κ3) is 4.47. The van der Waals surface area contributed by atoms with E-state index in [0.717, 1.165) is 23.3 Å². The van der Waals surface area contributed by atoms with Gasteiger partial charge in [0.1, 0.15) is 5.82 Å². The number of para-hydroxylation sites is 2. The first-order chi connectivity index (χ1) is 11.7. The van der Waals surface area contributed by atoms with Crippen LogP contribution in [0.1, 0.15) is 50.1 Å². The average Bonchev–Trinajstić information content (AvgIpc) is 3.02. The molecule has 2 heteroatoms. The van der Waals surface area contributed by atoms with Crippen LogP contribution < -0.4 is 0 Å². The Bertz CT molecular complexity index is 722. The molecule has 0 fully saturated rings. The fourth-order valence-electron chi connectivity index (χ4n) is 3.23. The molecule has 1 aromatic heterocycles. The lowest BCUT2D eigenvalue weighted by Gasteiger charge is -2.10. The van der Waals surface area contributed by atoms with Gasteiger partial charge in [0.15, 0.2) is 0 Å². The van der Waals surface area contributed by atoms with E-state index < -0.39 is 0 Å². The quantitative estimate of drug-likeness (QED) is 0.565. The van der Waals surface area contributed by atoms with Crippen LogP contribution in [0.4, 0.5) is 0 Å². The van der Waals surface area contributed by atoms with Crippen LogP contribution in [0, 0.1) is 5.92 Å². The summed E-state index contributed by atoms with van der Waals surface area (Å²) in [5, 5.41) is 0. The molecule has 0 amide bonds. The predicted molar refractivity (Wildman–Crippen MR) is 102 cm³/mol. The Morgan fingerprint density at radius 2 is 1.54 bits per heavy atom. The van der Waals surface area contributed by atoms with E-state index in [1.165, 1.54) is 43.2 Å². The minimum atomic E-state index is 0.716. The molecule has 0 aliphatic carbocycles. The van der Waals surface area contributed by atoms with Gasteiger partial charge in [0.25, 0.3) is 0 Å². The second-order valence-electron chi connectivity index (χ2n) is 6.95. The van der Waals surface area contributed by atoms with Gasteiger partial charge in [-0.15, -0.1) is 0 Å². The molecule has 1 atom stereocenters. The van der Waals surface area contributed by atoms with Crippen LogP contribution in [-0.2, 0) is 19.3 Å². The Morgan fingerprint density at radius 1 is 0.875 bits per heavy atom. The summed E-state index contributed by atoms with van der Waals surface area (Å²) in [5.41, 5.74) is 5.14. The van der Waals surface area contributed by atoms with Gasteiger partial charge in [0.2, 0.25) is 0 Å². The number of rotatable bonds is 8. The van der Waals surface area contributed by atoms with Crippen LogP contribution in [-0.4, -0.2) is 9.97 Å². The van der Waals surface area contributed by atoms with Crippen molar-refractivity contribution >= 4 is 11.0 Å².